The number of hydrogen-bond donors (Lipinski definition) is 1. The maximum absolute atomic E-state index is 12.8. The second kappa shape index (κ2) is 8.06. The first-order chi connectivity index (χ1) is 15.9. The number of amides is 1. The van der Waals surface area contributed by atoms with Gasteiger partial charge in [0, 0.05) is 29.2 Å². The predicted octanol–water partition coefficient (Wildman–Crippen LogP) is 5.58. The molecule has 0 unspecified atom stereocenters. The molecular weight excluding hydrogens is 414 g/mol. The molecule has 0 bridgehead atoms. The lowest BCUT2D eigenvalue weighted by Gasteiger charge is -2.29. The van der Waals surface area contributed by atoms with Crippen molar-refractivity contribution in [1.29, 1.82) is 0 Å². The summed E-state index contributed by atoms with van der Waals surface area (Å²) in [6, 6.07) is 24.5. The van der Waals surface area contributed by atoms with Gasteiger partial charge in [-0.25, -0.2) is 4.79 Å². The van der Waals surface area contributed by atoms with Crippen LogP contribution in [0.25, 0.3) is 22.4 Å². The number of aromatic nitrogens is 2. The third-order valence-electron chi connectivity index (χ3n) is 5.90. The minimum Gasteiger partial charge on any atom is -0.441 e. The van der Waals surface area contributed by atoms with E-state index in [2.05, 4.69) is 9.97 Å². The van der Waals surface area contributed by atoms with Crippen molar-refractivity contribution in [3.05, 3.63) is 107 Å². The number of cyclic esters (lactones) is 1. The molecule has 2 aromatic carbocycles. The van der Waals surface area contributed by atoms with Crippen molar-refractivity contribution in [2.75, 3.05) is 4.90 Å². The van der Waals surface area contributed by atoms with Crippen LogP contribution in [0.15, 0.2) is 96.1 Å². The molecule has 2 aromatic heterocycles. The first kappa shape index (κ1) is 20.7. The third kappa shape index (κ3) is 3.80. The molecule has 0 radical (unpaired) electrons. The van der Waals surface area contributed by atoms with E-state index < -0.39 is 11.7 Å². The van der Waals surface area contributed by atoms with Crippen molar-refractivity contribution in [3.8, 4) is 22.4 Å². The molecule has 1 atom stereocenters. The number of rotatable bonds is 4. The number of nitrogens with zero attached hydrogens (tertiary/aromatic N) is 2. The van der Waals surface area contributed by atoms with Gasteiger partial charge in [0.1, 0.15) is 11.6 Å². The fourth-order valence-corrected chi connectivity index (χ4v) is 4.37. The highest BCUT2D eigenvalue weighted by atomic mass is 16.6. The van der Waals surface area contributed by atoms with Gasteiger partial charge in [0.05, 0.1) is 5.69 Å². The van der Waals surface area contributed by atoms with Crippen LogP contribution in [0.3, 0.4) is 0 Å². The first-order valence-corrected chi connectivity index (χ1v) is 10.8. The summed E-state index contributed by atoms with van der Waals surface area (Å²) < 4.78 is 5.71. The van der Waals surface area contributed by atoms with E-state index >= 15 is 0 Å². The quantitative estimate of drug-likeness (QED) is 0.452. The Kier molecular flexibility index (Phi) is 5.05. The van der Waals surface area contributed by atoms with E-state index in [1.807, 2.05) is 92.7 Å². The van der Waals surface area contributed by atoms with E-state index in [0.717, 1.165) is 22.4 Å². The Morgan fingerprint density at radius 3 is 2.33 bits per heavy atom. The molecule has 3 heterocycles. The minimum atomic E-state index is -0.689. The van der Waals surface area contributed by atoms with E-state index in [1.165, 1.54) is 0 Å². The van der Waals surface area contributed by atoms with Crippen LogP contribution >= 0.6 is 0 Å². The predicted molar refractivity (Wildman–Crippen MR) is 128 cm³/mol. The highest BCUT2D eigenvalue weighted by molar-refractivity contribution is 5.92. The van der Waals surface area contributed by atoms with Crippen molar-refractivity contribution >= 4 is 11.8 Å². The molecule has 1 saturated heterocycles. The highest BCUT2D eigenvalue weighted by Gasteiger charge is 2.49. The molecule has 0 spiro atoms. The van der Waals surface area contributed by atoms with Crippen LogP contribution in [-0.4, -0.2) is 21.7 Å². The molecule has 4 aromatic rings. The molecular formula is C27H23N3O3. The third-order valence-corrected chi connectivity index (χ3v) is 5.90. The summed E-state index contributed by atoms with van der Waals surface area (Å²) in [5, 5.41) is 0. The zero-order chi connectivity index (χ0) is 23.0. The van der Waals surface area contributed by atoms with Gasteiger partial charge in [0.2, 0.25) is 0 Å². The summed E-state index contributed by atoms with van der Waals surface area (Å²) in [5.74, 6) is 0. The number of pyridine rings is 2. The van der Waals surface area contributed by atoms with Crippen LogP contribution < -0.4 is 10.5 Å². The number of nitrogens with one attached hydrogen (secondary N) is 1. The van der Waals surface area contributed by atoms with Gasteiger partial charge in [-0.15, -0.1) is 0 Å². The van der Waals surface area contributed by atoms with Crippen LogP contribution in [-0.2, 0) is 4.74 Å². The van der Waals surface area contributed by atoms with Gasteiger partial charge in [-0.2, -0.15) is 0 Å². The summed E-state index contributed by atoms with van der Waals surface area (Å²) >= 11 is 0. The number of ether oxygens (including phenoxy) is 1. The van der Waals surface area contributed by atoms with Gasteiger partial charge in [-0.05, 0) is 55.3 Å². The van der Waals surface area contributed by atoms with E-state index in [-0.39, 0.29) is 11.6 Å². The van der Waals surface area contributed by atoms with Crippen molar-refractivity contribution in [1.82, 2.24) is 9.97 Å². The largest absolute Gasteiger partial charge is 0.441 e. The molecule has 0 saturated carbocycles. The number of aromatic amines is 1. The van der Waals surface area contributed by atoms with Gasteiger partial charge in [-0.1, -0.05) is 48.5 Å². The second-order valence-corrected chi connectivity index (χ2v) is 8.55. The fraction of sp³-hybridized carbons (Fsp3) is 0.148. The highest BCUT2D eigenvalue weighted by Crippen LogP contribution is 2.43. The molecule has 6 nitrogen and oxygen atoms in total. The Morgan fingerprint density at radius 2 is 1.64 bits per heavy atom. The topological polar surface area (TPSA) is 75.3 Å². The summed E-state index contributed by atoms with van der Waals surface area (Å²) in [4.78, 5) is 34.2. The van der Waals surface area contributed by atoms with E-state index in [9.17, 15) is 9.59 Å². The summed E-state index contributed by atoms with van der Waals surface area (Å²) in [6.07, 6.45) is 2.99. The van der Waals surface area contributed by atoms with E-state index in [4.69, 9.17) is 4.74 Å². The van der Waals surface area contributed by atoms with Crippen molar-refractivity contribution in [3.63, 3.8) is 0 Å². The lowest BCUT2D eigenvalue weighted by molar-refractivity contribution is 0.0685. The Bertz CT molecular complexity index is 1350. The average molecular weight is 437 g/mol. The molecule has 1 amide bonds. The second-order valence-electron chi connectivity index (χ2n) is 8.55. The number of H-pyrrole nitrogens is 1. The smallest absolute Gasteiger partial charge is 0.415 e. The molecule has 0 aliphatic carbocycles. The minimum absolute atomic E-state index is 0.189. The maximum Gasteiger partial charge on any atom is 0.415 e. The number of benzene rings is 2. The fourth-order valence-electron chi connectivity index (χ4n) is 4.37. The van der Waals surface area contributed by atoms with Crippen LogP contribution in [0.2, 0.25) is 0 Å². The normalized spacial score (nSPS) is 17.1. The Labute approximate surface area is 191 Å². The molecule has 1 aliphatic rings. The Balaban J connectivity index is 1.51. The maximum atomic E-state index is 12.8. The summed E-state index contributed by atoms with van der Waals surface area (Å²) in [6.45, 7) is 3.83. The number of carbonyl (C=O) groups excluding carboxylic acids is 1. The van der Waals surface area contributed by atoms with Gasteiger partial charge in [0.15, 0.2) is 0 Å². The van der Waals surface area contributed by atoms with Gasteiger partial charge in [-0.3, -0.25) is 14.7 Å². The Morgan fingerprint density at radius 1 is 0.909 bits per heavy atom. The number of hydrogen-bond acceptors (Lipinski definition) is 4. The SMILES string of the molecule is CC1(C)OC(=O)N(c2ccc(-c3cc(-c4ccccn4)c[nH]c3=O)cc2)[C@H]1c1ccccc1. The molecule has 5 rings (SSSR count). The molecule has 33 heavy (non-hydrogen) atoms. The van der Waals surface area contributed by atoms with Crippen LogP contribution in [0.5, 0.6) is 0 Å². The van der Waals surface area contributed by atoms with E-state index in [0.29, 0.717) is 11.3 Å². The summed E-state index contributed by atoms with van der Waals surface area (Å²) in [7, 11) is 0. The van der Waals surface area contributed by atoms with Crippen molar-refractivity contribution in [2.24, 2.45) is 0 Å². The lowest BCUT2D eigenvalue weighted by Crippen LogP contribution is -2.33. The number of carbonyl (C=O) groups is 1. The number of anilines is 1. The zero-order valence-corrected chi connectivity index (χ0v) is 18.4. The van der Waals surface area contributed by atoms with Gasteiger partial charge < -0.3 is 9.72 Å². The summed E-state index contributed by atoms with van der Waals surface area (Å²) in [5.41, 5.74) is 3.71. The van der Waals surface area contributed by atoms with Crippen LogP contribution in [0, 0.1) is 0 Å². The molecule has 1 fully saturated rings. The van der Waals surface area contributed by atoms with Crippen LogP contribution in [0.1, 0.15) is 25.5 Å². The van der Waals surface area contributed by atoms with Crippen molar-refractivity contribution in [2.45, 2.75) is 25.5 Å². The Hall–Kier alpha value is -4.19. The average Bonchev–Trinajstić information content (AvgIpc) is 3.08. The molecule has 1 aliphatic heterocycles. The standard InChI is InChI=1S/C27H23N3O3/c1-27(2)24(19-8-4-3-5-9-19)30(26(32)33-27)21-13-11-18(12-14-21)22-16-20(17-29-25(22)31)23-10-6-7-15-28-23/h3-17,24H,1-2H3,(H,29,31)/t24-/m0/s1. The van der Waals surface area contributed by atoms with Gasteiger partial charge >= 0.3 is 6.09 Å². The zero-order valence-electron chi connectivity index (χ0n) is 18.4. The van der Waals surface area contributed by atoms with Gasteiger partial charge in [0.25, 0.3) is 5.56 Å². The molecule has 164 valence electrons. The van der Waals surface area contributed by atoms with Crippen LogP contribution in [0.4, 0.5) is 10.5 Å². The first-order valence-electron chi connectivity index (χ1n) is 10.8. The molecule has 6 heteroatoms. The monoisotopic (exact) mass is 437 g/mol. The van der Waals surface area contributed by atoms with Crippen molar-refractivity contribution < 1.29 is 9.53 Å². The molecule has 1 N–H and O–H groups in total. The lowest BCUT2D eigenvalue weighted by atomic mass is 9.91. The van der Waals surface area contributed by atoms with E-state index in [1.54, 1.807) is 17.3 Å².